The van der Waals surface area contributed by atoms with Gasteiger partial charge in [0.1, 0.15) is 5.82 Å². The SMILES string of the molecule is O=C(CN1CCC(c2nc3ccccc3[nH]2)CC1)Nc1ccc2c(c1)CCC2. The summed E-state index contributed by atoms with van der Waals surface area (Å²) < 4.78 is 0. The van der Waals surface area contributed by atoms with E-state index in [2.05, 4.69) is 33.4 Å². The minimum atomic E-state index is 0.0835. The van der Waals surface area contributed by atoms with E-state index >= 15 is 0 Å². The summed E-state index contributed by atoms with van der Waals surface area (Å²) in [7, 11) is 0. The average Bonchev–Trinajstić information content (AvgIpc) is 3.34. The fraction of sp³-hybridized carbons (Fsp3) is 0.391. The number of fused-ring (bicyclic) bond motifs is 2. The van der Waals surface area contributed by atoms with E-state index in [4.69, 9.17) is 4.98 Å². The first-order valence-electron chi connectivity index (χ1n) is 10.3. The number of imidazole rings is 1. The number of aryl methyl sites for hydroxylation is 2. The summed E-state index contributed by atoms with van der Waals surface area (Å²) in [6.07, 6.45) is 5.60. The van der Waals surface area contributed by atoms with Crippen LogP contribution < -0.4 is 5.32 Å². The van der Waals surface area contributed by atoms with Gasteiger partial charge in [0.2, 0.25) is 5.91 Å². The summed E-state index contributed by atoms with van der Waals surface area (Å²) in [5.74, 6) is 1.62. The van der Waals surface area contributed by atoms with E-state index in [0.29, 0.717) is 12.5 Å². The molecule has 5 heteroatoms. The van der Waals surface area contributed by atoms with Gasteiger partial charge in [0, 0.05) is 11.6 Å². The topological polar surface area (TPSA) is 61.0 Å². The molecular weight excluding hydrogens is 348 g/mol. The number of nitrogens with zero attached hydrogens (tertiary/aromatic N) is 2. The van der Waals surface area contributed by atoms with Crippen LogP contribution in [0.3, 0.4) is 0 Å². The van der Waals surface area contributed by atoms with Crippen molar-refractivity contribution in [2.45, 2.75) is 38.0 Å². The molecule has 0 atom stereocenters. The molecule has 5 nitrogen and oxygen atoms in total. The first kappa shape index (κ1) is 17.4. The minimum Gasteiger partial charge on any atom is -0.342 e. The number of carbonyl (C=O) groups is 1. The van der Waals surface area contributed by atoms with Gasteiger partial charge in [-0.25, -0.2) is 4.98 Å². The van der Waals surface area contributed by atoms with Crippen LogP contribution in [-0.4, -0.2) is 40.4 Å². The highest BCUT2D eigenvalue weighted by Crippen LogP contribution is 2.28. The van der Waals surface area contributed by atoms with Crippen LogP contribution in [-0.2, 0) is 17.6 Å². The average molecular weight is 374 g/mol. The molecule has 5 rings (SSSR count). The molecule has 1 fully saturated rings. The quantitative estimate of drug-likeness (QED) is 0.729. The number of piperidine rings is 1. The number of anilines is 1. The summed E-state index contributed by atoms with van der Waals surface area (Å²) in [5.41, 5.74) is 5.90. The van der Waals surface area contributed by atoms with Crippen molar-refractivity contribution in [1.82, 2.24) is 14.9 Å². The minimum absolute atomic E-state index is 0.0835. The highest BCUT2D eigenvalue weighted by molar-refractivity contribution is 5.92. The maximum absolute atomic E-state index is 12.5. The van der Waals surface area contributed by atoms with E-state index in [9.17, 15) is 4.79 Å². The second-order valence-corrected chi connectivity index (χ2v) is 8.07. The zero-order valence-corrected chi connectivity index (χ0v) is 16.1. The molecule has 2 N–H and O–H groups in total. The molecule has 0 bridgehead atoms. The van der Waals surface area contributed by atoms with Crippen LogP contribution >= 0.6 is 0 Å². The number of hydrogen-bond donors (Lipinski definition) is 2. The molecule has 1 aliphatic carbocycles. The van der Waals surface area contributed by atoms with Crippen molar-refractivity contribution in [3.05, 3.63) is 59.4 Å². The van der Waals surface area contributed by atoms with E-state index in [1.807, 2.05) is 24.3 Å². The summed E-state index contributed by atoms with van der Waals surface area (Å²) in [6, 6.07) is 14.5. The Kier molecular flexibility index (Phi) is 4.61. The molecule has 0 saturated carbocycles. The van der Waals surface area contributed by atoms with E-state index in [1.165, 1.54) is 24.0 Å². The zero-order valence-electron chi connectivity index (χ0n) is 16.1. The molecule has 1 aliphatic heterocycles. The molecule has 2 heterocycles. The van der Waals surface area contributed by atoms with Gasteiger partial charge in [-0.05, 0) is 80.6 Å². The highest BCUT2D eigenvalue weighted by Gasteiger charge is 2.24. The van der Waals surface area contributed by atoms with E-state index in [1.54, 1.807) is 0 Å². The number of likely N-dealkylation sites (tertiary alicyclic amines) is 1. The number of nitrogens with one attached hydrogen (secondary N) is 2. The summed E-state index contributed by atoms with van der Waals surface area (Å²) in [5, 5.41) is 3.08. The smallest absolute Gasteiger partial charge is 0.238 e. The third kappa shape index (κ3) is 3.54. The molecule has 1 amide bonds. The number of amides is 1. The Labute approximate surface area is 165 Å². The Morgan fingerprint density at radius 2 is 1.93 bits per heavy atom. The Balaban J connectivity index is 1.15. The molecular formula is C23H26N4O. The van der Waals surface area contributed by atoms with Crippen LogP contribution in [0.1, 0.15) is 42.1 Å². The fourth-order valence-corrected chi connectivity index (χ4v) is 4.58. The van der Waals surface area contributed by atoms with E-state index < -0.39 is 0 Å². The van der Waals surface area contributed by atoms with Crippen LogP contribution in [0, 0.1) is 0 Å². The van der Waals surface area contributed by atoms with Gasteiger partial charge >= 0.3 is 0 Å². The fourth-order valence-electron chi connectivity index (χ4n) is 4.58. The van der Waals surface area contributed by atoms with Crippen molar-refractivity contribution in [2.24, 2.45) is 0 Å². The van der Waals surface area contributed by atoms with E-state index in [-0.39, 0.29) is 5.91 Å². The number of aromatic nitrogens is 2. The Morgan fingerprint density at radius 3 is 2.79 bits per heavy atom. The van der Waals surface area contributed by atoms with Crippen molar-refractivity contribution < 1.29 is 4.79 Å². The number of rotatable bonds is 4. The number of carbonyl (C=O) groups excluding carboxylic acids is 1. The lowest BCUT2D eigenvalue weighted by Gasteiger charge is -2.30. The molecule has 28 heavy (non-hydrogen) atoms. The van der Waals surface area contributed by atoms with Gasteiger partial charge in [-0.15, -0.1) is 0 Å². The summed E-state index contributed by atoms with van der Waals surface area (Å²) in [4.78, 5) is 22.9. The molecule has 2 aliphatic rings. The van der Waals surface area contributed by atoms with Gasteiger partial charge in [0.25, 0.3) is 0 Å². The normalized spacial score (nSPS) is 17.7. The monoisotopic (exact) mass is 374 g/mol. The van der Waals surface area contributed by atoms with Gasteiger partial charge < -0.3 is 10.3 Å². The maximum atomic E-state index is 12.5. The predicted molar refractivity (Wildman–Crippen MR) is 112 cm³/mol. The van der Waals surface area contributed by atoms with Gasteiger partial charge in [0.05, 0.1) is 17.6 Å². The third-order valence-electron chi connectivity index (χ3n) is 6.13. The van der Waals surface area contributed by atoms with Gasteiger partial charge in [-0.2, -0.15) is 0 Å². The lowest BCUT2D eigenvalue weighted by atomic mass is 9.96. The molecule has 144 valence electrons. The molecule has 0 radical (unpaired) electrons. The van der Waals surface area contributed by atoms with Gasteiger partial charge in [-0.1, -0.05) is 18.2 Å². The lowest BCUT2D eigenvalue weighted by Crippen LogP contribution is -2.38. The Morgan fingerprint density at radius 1 is 1.11 bits per heavy atom. The lowest BCUT2D eigenvalue weighted by molar-refractivity contribution is -0.117. The molecule has 3 aromatic rings. The van der Waals surface area contributed by atoms with Crippen molar-refractivity contribution in [1.29, 1.82) is 0 Å². The number of para-hydroxylation sites is 2. The second kappa shape index (κ2) is 7.40. The van der Waals surface area contributed by atoms with Gasteiger partial charge in [-0.3, -0.25) is 9.69 Å². The van der Waals surface area contributed by atoms with Crippen molar-refractivity contribution in [3.63, 3.8) is 0 Å². The number of hydrogen-bond acceptors (Lipinski definition) is 3. The first-order chi connectivity index (χ1) is 13.7. The number of benzene rings is 2. The van der Waals surface area contributed by atoms with Crippen molar-refractivity contribution in [3.8, 4) is 0 Å². The standard InChI is InChI=1S/C23H26N4O/c28-22(24-19-9-8-16-4-3-5-18(16)14-19)15-27-12-10-17(11-13-27)23-25-20-6-1-2-7-21(20)26-23/h1-2,6-9,14,17H,3-5,10-13,15H2,(H,24,28)(H,25,26). The largest absolute Gasteiger partial charge is 0.342 e. The summed E-state index contributed by atoms with van der Waals surface area (Å²) in [6.45, 7) is 2.32. The van der Waals surface area contributed by atoms with Gasteiger partial charge in [0.15, 0.2) is 0 Å². The van der Waals surface area contributed by atoms with Crippen LogP contribution in [0.15, 0.2) is 42.5 Å². The molecule has 0 spiro atoms. The van der Waals surface area contributed by atoms with Crippen LogP contribution in [0.4, 0.5) is 5.69 Å². The van der Waals surface area contributed by atoms with E-state index in [0.717, 1.165) is 54.9 Å². The third-order valence-corrected chi connectivity index (χ3v) is 6.13. The first-order valence-corrected chi connectivity index (χ1v) is 10.3. The maximum Gasteiger partial charge on any atom is 0.238 e. The van der Waals surface area contributed by atoms with Crippen LogP contribution in [0.25, 0.3) is 11.0 Å². The summed E-state index contributed by atoms with van der Waals surface area (Å²) >= 11 is 0. The molecule has 1 aromatic heterocycles. The second-order valence-electron chi connectivity index (χ2n) is 8.07. The number of aromatic amines is 1. The highest BCUT2D eigenvalue weighted by atomic mass is 16.2. The van der Waals surface area contributed by atoms with Crippen LogP contribution in [0.5, 0.6) is 0 Å². The van der Waals surface area contributed by atoms with Crippen molar-refractivity contribution in [2.75, 3.05) is 25.0 Å². The Hall–Kier alpha value is -2.66. The number of H-pyrrole nitrogens is 1. The molecule has 2 aromatic carbocycles. The molecule has 0 unspecified atom stereocenters. The Bertz CT molecular complexity index is 968. The van der Waals surface area contributed by atoms with Crippen molar-refractivity contribution >= 4 is 22.6 Å². The molecule has 1 saturated heterocycles. The zero-order chi connectivity index (χ0) is 18.9. The van der Waals surface area contributed by atoms with Crippen LogP contribution in [0.2, 0.25) is 0 Å². The predicted octanol–water partition coefficient (Wildman–Crippen LogP) is 3.87.